The number of halogens is 1. The topological polar surface area (TPSA) is 63.8 Å². The maximum absolute atomic E-state index is 5.45. The van der Waals surface area contributed by atoms with E-state index < -0.39 is 0 Å². The second kappa shape index (κ2) is 5.46. The van der Waals surface area contributed by atoms with Crippen LogP contribution in [0.5, 0.6) is 0 Å². The Bertz CT molecular complexity index is 554. The number of nitrogens with zero attached hydrogens (tertiary/aromatic N) is 2. The van der Waals surface area contributed by atoms with Gasteiger partial charge < -0.3 is 5.43 Å². The molecule has 0 saturated carbocycles. The molecule has 0 amide bonds. The molecule has 1 heterocycles. The molecule has 2 aromatic rings. The molecule has 3 N–H and O–H groups in total. The molecule has 0 atom stereocenters. The van der Waals surface area contributed by atoms with Crippen LogP contribution in [0, 0.1) is 0 Å². The highest BCUT2D eigenvalue weighted by molar-refractivity contribution is 9.10. The van der Waals surface area contributed by atoms with Gasteiger partial charge >= 0.3 is 0 Å². The lowest BCUT2D eigenvalue weighted by atomic mass is 10.1. The van der Waals surface area contributed by atoms with Crippen LogP contribution in [0.1, 0.15) is 25.5 Å². The van der Waals surface area contributed by atoms with Crippen molar-refractivity contribution in [1.29, 1.82) is 0 Å². The average molecular weight is 307 g/mol. The van der Waals surface area contributed by atoms with Crippen molar-refractivity contribution < 1.29 is 0 Å². The molecule has 1 aromatic carbocycles. The predicted molar refractivity (Wildman–Crippen MR) is 77.1 cm³/mol. The van der Waals surface area contributed by atoms with Crippen molar-refractivity contribution in [1.82, 2.24) is 9.97 Å². The summed E-state index contributed by atoms with van der Waals surface area (Å²) in [4.78, 5) is 8.96. The second-order valence-electron chi connectivity index (χ2n) is 4.28. The van der Waals surface area contributed by atoms with Gasteiger partial charge in [-0.3, -0.25) is 0 Å². The van der Waals surface area contributed by atoms with E-state index in [1.807, 2.05) is 30.3 Å². The van der Waals surface area contributed by atoms with Crippen LogP contribution < -0.4 is 11.3 Å². The Hall–Kier alpha value is -1.46. The molecule has 0 spiro atoms. The highest BCUT2D eigenvalue weighted by Crippen LogP contribution is 2.27. The molecule has 0 aliphatic carbocycles. The first-order chi connectivity index (χ1) is 8.61. The zero-order valence-electron chi connectivity index (χ0n) is 10.3. The predicted octanol–water partition coefficient (Wildman–Crippen LogP) is 3.32. The quantitative estimate of drug-likeness (QED) is 0.674. The van der Waals surface area contributed by atoms with Crippen LogP contribution in [0.25, 0.3) is 11.4 Å². The molecule has 0 aliphatic heterocycles. The first-order valence-corrected chi connectivity index (χ1v) is 6.51. The largest absolute Gasteiger partial charge is 0.308 e. The molecule has 0 radical (unpaired) electrons. The number of nitrogens with two attached hydrogens (primary N) is 1. The van der Waals surface area contributed by atoms with Crippen LogP contribution in [0.3, 0.4) is 0 Å². The minimum Gasteiger partial charge on any atom is -0.308 e. The lowest BCUT2D eigenvalue weighted by molar-refractivity contribution is 0.817. The van der Waals surface area contributed by atoms with Crippen LogP contribution in [0.15, 0.2) is 34.8 Å². The van der Waals surface area contributed by atoms with Gasteiger partial charge in [0.2, 0.25) is 0 Å². The summed E-state index contributed by atoms with van der Waals surface area (Å²) < 4.78 is 0.967. The van der Waals surface area contributed by atoms with E-state index in [2.05, 4.69) is 45.2 Å². The van der Waals surface area contributed by atoms with E-state index in [9.17, 15) is 0 Å². The van der Waals surface area contributed by atoms with E-state index in [0.717, 1.165) is 15.7 Å². The molecule has 94 valence electrons. The van der Waals surface area contributed by atoms with E-state index in [1.165, 1.54) is 0 Å². The van der Waals surface area contributed by atoms with Gasteiger partial charge in [-0.2, -0.15) is 0 Å². The zero-order valence-corrected chi connectivity index (χ0v) is 11.9. The van der Waals surface area contributed by atoms with E-state index in [1.54, 1.807) is 0 Å². The average Bonchev–Trinajstić information content (AvgIpc) is 2.38. The number of anilines is 1. The fourth-order valence-electron chi connectivity index (χ4n) is 1.60. The summed E-state index contributed by atoms with van der Waals surface area (Å²) in [6, 6.07) is 9.73. The van der Waals surface area contributed by atoms with Gasteiger partial charge in [0.15, 0.2) is 5.82 Å². The maximum atomic E-state index is 5.45. The minimum atomic E-state index is 0.321. The number of hydrogen-bond donors (Lipinski definition) is 2. The normalized spacial score (nSPS) is 10.7. The van der Waals surface area contributed by atoms with Crippen molar-refractivity contribution in [3.63, 3.8) is 0 Å². The van der Waals surface area contributed by atoms with Gasteiger partial charge in [-0.1, -0.05) is 48.0 Å². The van der Waals surface area contributed by atoms with Crippen LogP contribution in [-0.2, 0) is 0 Å². The van der Waals surface area contributed by atoms with Gasteiger partial charge in [0, 0.05) is 21.8 Å². The minimum absolute atomic E-state index is 0.321. The van der Waals surface area contributed by atoms with Crippen LogP contribution in [0.2, 0.25) is 0 Å². The zero-order chi connectivity index (χ0) is 13.1. The third kappa shape index (κ3) is 2.68. The number of nitrogen functional groups attached to an aromatic ring is 1. The second-order valence-corrected chi connectivity index (χ2v) is 5.13. The van der Waals surface area contributed by atoms with E-state index >= 15 is 0 Å². The lowest BCUT2D eigenvalue weighted by Crippen LogP contribution is -2.11. The maximum Gasteiger partial charge on any atom is 0.162 e. The van der Waals surface area contributed by atoms with Gasteiger partial charge in [0.25, 0.3) is 0 Å². The SMILES string of the molecule is CC(C)c1cc(NN)nc(-c2ccccc2Br)n1. The molecule has 4 nitrogen and oxygen atoms in total. The summed E-state index contributed by atoms with van der Waals surface area (Å²) in [6.07, 6.45) is 0. The molecule has 0 saturated heterocycles. The number of rotatable bonds is 3. The van der Waals surface area contributed by atoms with Gasteiger partial charge in [0.05, 0.1) is 0 Å². The first kappa shape index (κ1) is 13.0. The molecule has 0 aliphatic rings. The Balaban J connectivity index is 2.57. The summed E-state index contributed by atoms with van der Waals surface area (Å²) in [6.45, 7) is 4.18. The van der Waals surface area contributed by atoms with Crippen molar-refractivity contribution in [3.8, 4) is 11.4 Å². The Morgan fingerprint density at radius 1 is 1.22 bits per heavy atom. The van der Waals surface area contributed by atoms with Crippen molar-refractivity contribution in [2.45, 2.75) is 19.8 Å². The number of nitrogens with one attached hydrogen (secondary N) is 1. The highest BCUT2D eigenvalue weighted by atomic mass is 79.9. The molecule has 18 heavy (non-hydrogen) atoms. The highest BCUT2D eigenvalue weighted by Gasteiger charge is 2.10. The molecule has 5 heteroatoms. The Morgan fingerprint density at radius 3 is 2.56 bits per heavy atom. The number of benzene rings is 1. The van der Waals surface area contributed by atoms with Gasteiger partial charge in [-0.25, -0.2) is 15.8 Å². The van der Waals surface area contributed by atoms with Crippen molar-refractivity contribution in [2.24, 2.45) is 5.84 Å². The Kier molecular flexibility index (Phi) is 3.93. The van der Waals surface area contributed by atoms with Crippen molar-refractivity contribution >= 4 is 21.7 Å². The molecule has 0 fully saturated rings. The first-order valence-electron chi connectivity index (χ1n) is 5.72. The van der Waals surface area contributed by atoms with Crippen LogP contribution >= 0.6 is 15.9 Å². The lowest BCUT2D eigenvalue weighted by Gasteiger charge is -2.10. The fourth-order valence-corrected chi connectivity index (χ4v) is 2.06. The molecular weight excluding hydrogens is 292 g/mol. The van der Waals surface area contributed by atoms with E-state index in [4.69, 9.17) is 5.84 Å². The van der Waals surface area contributed by atoms with E-state index in [0.29, 0.717) is 17.6 Å². The summed E-state index contributed by atoms with van der Waals surface area (Å²) in [7, 11) is 0. The van der Waals surface area contributed by atoms with Gasteiger partial charge in [0.1, 0.15) is 5.82 Å². The monoisotopic (exact) mass is 306 g/mol. The number of hydrogen-bond acceptors (Lipinski definition) is 4. The Labute approximate surface area is 115 Å². The molecular formula is C13H15BrN4. The smallest absolute Gasteiger partial charge is 0.162 e. The third-order valence-corrected chi connectivity index (χ3v) is 3.29. The van der Waals surface area contributed by atoms with Gasteiger partial charge in [-0.05, 0) is 12.0 Å². The van der Waals surface area contributed by atoms with Crippen LogP contribution in [0.4, 0.5) is 5.82 Å². The molecule has 2 rings (SSSR count). The number of aromatic nitrogens is 2. The molecule has 0 unspecified atom stereocenters. The summed E-state index contributed by atoms with van der Waals surface area (Å²) in [5.41, 5.74) is 4.50. The van der Waals surface area contributed by atoms with E-state index in [-0.39, 0.29) is 0 Å². The number of hydrazine groups is 1. The van der Waals surface area contributed by atoms with Crippen molar-refractivity contribution in [2.75, 3.05) is 5.43 Å². The molecule has 0 bridgehead atoms. The standard InChI is InChI=1S/C13H15BrN4/c1-8(2)11-7-12(18-15)17-13(16-11)9-5-3-4-6-10(9)14/h3-8H,15H2,1-2H3,(H,16,17,18). The molecule has 1 aromatic heterocycles. The van der Waals surface area contributed by atoms with Crippen molar-refractivity contribution in [3.05, 3.63) is 40.5 Å². The summed E-state index contributed by atoms with van der Waals surface area (Å²) in [5.74, 6) is 7.07. The van der Waals surface area contributed by atoms with Gasteiger partial charge in [-0.15, -0.1) is 0 Å². The summed E-state index contributed by atoms with van der Waals surface area (Å²) >= 11 is 3.51. The van der Waals surface area contributed by atoms with Crippen LogP contribution in [-0.4, -0.2) is 9.97 Å². The third-order valence-electron chi connectivity index (χ3n) is 2.60. The Morgan fingerprint density at radius 2 is 1.94 bits per heavy atom. The fraction of sp³-hybridized carbons (Fsp3) is 0.231. The summed E-state index contributed by atoms with van der Waals surface area (Å²) in [5, 5.41) is 0.